The molecular formula is C21H28N7O+. The number of carbonyl (C=O) groups is 1. The van der Waals surface area contributed by atoms with Crippen LogP contribution in [0.4, 0.5) is 23.1 Å². The highest BCUT2D eigenvalue weighted by Crippen LogP contribution is 2.25. The quantitative estimate of drug-likeness (QED) is 0.531. The first-order valence-electron chi connectivity index (χ1n) is 10.0. The van der Waals surface area contributed by atoms with Crippen LogP contribution >= 0.6 is 0 Å². The van der Waals surface area contributed by atoms with E-state index >= 15 is 0 Å². The molecule has 0 bridgehead atoms. The van der Waals surface area contributed by atoms with E-state index in [2.05, 4.69) is 25.6 Å². The fraction of sp³-hybridized carbons (Fsp3) is 0.381. The number of amides is 1. The predicted octanol–water partition coefficient (Wildman–Crippen LogP) is 2.79. The average molecular weight is 395 g/mol. The third-order valence-corrected chi connectivity index (χ3v) is 5.60. The van der Waals surface area contributed by atoms with Gasteiger partial charge in [-0.1, -0.05) is 17.8 Å². The van der Waals surface area contributed by atoms with Gasteiger partial charge in [-0.25, -0.2) is 4.98 Å². The van der Waals surface area contributed by atoms with Gasteiger partial charge in [0.1, 0.15) is 0 Å². The lowest BCUT2D eigenvalue weighted by Gasteiger charge is -2.27. The molecule has 0 radical (unpaired) electrons. The summed E-state index contributed by atoms with van der Waals surface area (Å²) in [7, 11) is 1.76. The summed E-state index contributed by atoms with van der Waals surface area (Å²) in [5, 5.41) is 7.91. The summed E-state index contributed by atoms with van der Waals surface area (Å²) in [6, 6.07) is 10.1. The first-order valence-corrected chi connectivity index (χ1v) is 10.0. The molecule has 0 spiro atoms. The van der Waals surface area contributed by atoms with Gasteiger partial charge in [0, 0.05) is 31.9 Å². The summed E-state index contributed by atoms with van der Waals surface area (Å²) < 4.78 is 0. The molecule has 1 aliphatic rings. The van der Waals surface area contributed by atoms with Gasteiger partial charge >= 0.3 is 5.95 Å². The Kier molecular flexibility index (Phi) is 5.35. The van der Waals surface area contributed by atoms with Gasteiger partial charge in [0.2, 0.25) is 17.4 Å². The number of aromatic amines is 2. The van der Waals surface area contributed by atoms with Gasteiger partial charge in [-0.05, 0) is 43.2 Å². The van der Waals surface area contributed by atoms with Crippen LogP contribution in [0.2, 0.25) is 0 Å². The fourth-order valence-corrected chi connectivity index (χ4v) is 3.76. The van der Waals surface area contributed by atoms with Crippen molar-refractivity contribution >= 4 is 40.1 Å². The van der Waals surface area contributed by atoms with Crippen molar-refractivity contribution in [3.8, 4) is 0 Å². The highest BCUT2D eigenvalue weighted by atomic mass is 16.2. The molecule has 0 saturated heterocycles. The van der Waals surface area contributed by atoms with Gasteiger partial charge in [-0.15, -0.1) is 0 Å². The van der Waals surface area contributed by atoms with E-state index in [-0.39, 0.29) is 18.0 Å². The topological polar surface area (TPSA) is 113 Å². The lowest BCUT2D eigenvalue weighted by Crippen LogP contribution is -2.43. The normalized spacial score (nSPS) is 19.1. The van der Waals surface area contributed by atoms with E-state index in [1.807, 2.05) is 36.5 Å². The molecule has 29 heavy (non-hydrogen) atoms. The zero-order valence-electron chi connectivity index (χ0n) is 16.8. The van der Waals surface area contributed by atoms with Gasteiger partial charge in [0.25, 0.3) is 0 Å². The zero-order chi connectivity index (χ0) is 20.4. The molecule has 1 aliphatic carbocycles. The Morgan fingerprint density at radius 1 is 1.24 bits per heavy atom. The van der Waals surface area contributed by atoms with E-state index in [0.29, 0.717) is 5.95 Å². The summed E-state index contributed by atoms with van der Waals surface area (Å²) in [6.07, 6.45) is 6.38. The van der Waals surface area contributed by atoms with Crippen LogP contribution in [0, 0.1) is 0 Å². The molecule has 8 nitrogen and oxygen atoms in total. The highest BCUT2D eigenvalue weighted by Gasteiger charge is 2.25. The van der Waals surface area contributed by atoms with E-state index < -0.39 is 0 Å². The minimum absolute atomic E-state index is 0.00505. The Bertz CT molecular complexity index is 998. The summed E-state index contributed by atoms with van der Waals surface area (Å²) in [4.78, 5) is 24.3. The standard InChI is InChI=1S/C21H27N7O/c1-13(29)28(2)15-9-7-14(8-10-15)24-21-26-19-16(11-12-23-19)20(27-21)25-18-6-4-3-5-17(18)22/h7-12,17-18H,3-6,22H2,1-2H3,(H3,23,24,25,26,27)/p+1. The minimum Gasteiger partial charge on any atom is -0.336 e. The van der Waals surface area contributed by atoms with Gasteiger partial charge in [-0.2, -0.15) is 0 Å². The first kappa shape index (κ1) is 19.2. The summed E-state index contributed by atoms with van der Waals surface area (Å²) >= 11 is 0. The molecule has 1 saturated carbocycles. The molecule has 152 valence electrons. The molecule has 3 aromatic rings. The number of aromatic nitrogens is 3. The maximum absolute atomic E-state index is 11.5. The van der Waals surface area contributed by atoms with Crippen LogP contribution < -0.4 is 26.3 Å². The second-order valence-electron chi connectivity index (χ2n) is 7.65. The smallest absolute Gasteiger partial charge is 0.336 e. The summed E-state index contributed by atoms with van der Waals surface area (Å²) in [5.74, 6) is 1.53. The van der Waals surface area contributed by atoms with Crippen molar-refractivity contribution < 1.29 is 9.78 Å². The Balaban J connectivity index is 1.57. The number of hydrogen-bond acceptors (Lipinski definition) is 5. The van der Waals surface area contributed by atoms with Crippen molar-refractivity contribution in [3.63, 3.8) is 0 Å². The number of rotatable bonds is 5. The number of hydrogen-bond donors (Lipinski definition) is 4. The monoisotopic (exact) mass is 394 g/mol. The fourth-order valence-electron chi connectivity index (χ4n) is 3.76. The van der Waals surface area contributed by atoms with Crippen molar-refractivity contribution in [3.05, 3.63) is 36.5 Å². The van der Waals surface area contributed by atoms with E-state index in [1.54, 1.807) is 18.9 Å². The number of nitrogens with one attached hydrogen (secondary N) is 4. The van der Waals surface area contributed by atoms with Crippen LogP contribution in [0.25, 0.3) is 11.0 Å². The molecule has 1 fully saturated rings. The molecule has 6 N–H and O–H groups in total. The van der Waals surface area contributed by atoms with Crippen LogP contribution in [0.1, 0.15) is 32.6 Å². The van der Waals surface area contributed by atoms with Crippen molar-refractivity contribution in [2.24, 2.45) is 5.73 Å². The van der Waals surface area contributed by atoms with E-state index in [4.69, 9.17) is 5.73 Å². The molecule has 1 amide bonds. The Labute approximate surface area is 169 Å². The van der Waals surface area contributed by atoms with E-state index in [0.717, 1.165) is 41.1 Å². The van der Waals surface area contributed by atoms with Crippen molar-refractivity contribution in [2.75, 3.05) is 22.6 Å². The Morgan fingerprint density at radius 3 is 2.72 bits per heavy atom. The van der Waals surface area contributed by atoms with E-state index in [1.165, 1.54) is 12.8 Å². The van der Waals surface area contributed by atoms with Gasteiger partial charge < -0.3 is 20.9 Å². The van der Waals surface area contributed by atoms with Crippen LogP contribution in [-0.4, -0.2) is 35.0 Å². The van der Waals surface area contributed by atoms with Crippen LogP contribution in [0.5, 0.6) is 0 Å². The largest absolute Gasteiger partial charge is 0.351 e. The number of benzene rings is 1. The summed E-state index contributed by atoms with van der Waals surface area (Å²) in [6.45, 7) is 1.55. The molecule has 2 atom stereocenters. The zero-order valence-corrected chi connectivity index (χ0v) is 16.8. The van der Waals surface area contributed by atoms with Crippen molar-refractivity contribution in [1.29, 1.82) is 0 Å². The lowest BCUT2D eigenvalue weighted by atomic mass is 9.91. The number of H-pyrrole nitrogens is 2. The average Bonchev–Trinajstić information content (AvgIpc) is 3.18. The van der Waals surface area contributed by atoms with Crippen LogP contribution in [-0.2, 0) is 4.79 Å². The second-order valence-corrected chi connectivity index (χ2v) is 7.65. The van der Waals surface area contributed by atoms with Gasteiger partial charge in [0.15, 0.2) is 0 Å². The minimum atomic E-state index is -0.00505. The SMILES string of the molecule is CC(=O)N(C)c1ccc(Nc2nc3[nH]ccc3c(NC3CCCCC3N)[nH+]2)cc1. The number of fused-ring (bicyclic) bond motifs is 1. The maximum Gasteiger partial charge on any atom is 0.351 e. The highest BCUT2D eigenvalue weighted by molar-refractivity contribution is 5.91. The molecular weight excluding hydrogens is 366 g/mol. The molecule has 0 aliphatic heterocycles. The molecule has 2 unspecified atom stereocenters. The number of carbonyl (C=O) groups excluding carboxylic acids is 1. The van der Waals surface area contributed by atoms with Crippen LogP contribution in [0.15, 0.2) is 36.5 Å². The first-order chi connectivity index (χ1) is 14.0. The second kappa shape index (κ2) is 8.08. The molecule has 8 heteroatoms. The molecule has 2 aromatic heterocycles. The van der Waals surface area contributed by atoms with Crippen LogP contribution in [0.3, 0.4) is 0 Å². The van der Waals surface area contributed by atoms with E-state index in [9.17, 15) is 4.79 Å². The number of nitrogens with zero attached hydrogens (tertiary/aromatic N) is 2. The van der Waals surface area contributed by atoms with Crippen molar-refractivity contribution in [2.45, 2.75) is 44.7 Å². The summed E-state index contributed by atoms with van der Waals surface area (Å²) in [5.41, 5.74) is 8.84. The number of anilines is 4. The Hall–Kier alpha value is -3.13. The van der Waals surface area contributed by atoms with Crippen molar-refractivity contribution in [1.82, 2.24) is 9.97 Å². The maximum atomic E-state index is 11.5. The number of nitrogens with two attached hydrogens (primary N) is 1. The lowest BCUT2D eigenvalue weighted by molar-refractivity contribution is -0.346. The molecule has 1 aromatic carbocycles. The van der Waals surface area contributed by atoms with Gasteiger partial charge in [0.05, 0.1) is 17.1 Å². The molecule has 4 rings (SSSR count). The molecule has 2 heterocycles. The Morgan fingerprint density at radius 2 is 2.00 bits per heavy atom. The van der Waals surface area contributed by atoms with Gasteiger partial charge in [-0.3, -0.25) is 10.1 Å². The predicted molar refractivity (Wildman–Crippen MR) is 115 cm³/mol. The third-order valence-electron chi connectivity index (χ3n) is 5.60. The third kappa shape index (κ3) is 4.17.